The summed E-state index contributed by atoms with van der Waals surface area (Å²) in [5, 5.41) is 3.62. The molecule has 0 aromatic heterocycles. The summed E-state index contributed by atoms with van der Waals surface area (Å²) in [5.74, 6) is 0.607. The van der Waals surface area contributed by atoms with Gasteiger partial charge in [0.2, 0.25) is 0 Å². The van der Waals surface area contributed by atoms with Crippen LogP contribution in [0.15, 0.2) is 24.3 Å². The van der Waals surface area contributed by atoms with Crippen LogP contribution in [0.3, 0.4) is 0 Å². The van der Waals surface area contributed by atoms with Crippen LogP contribution in [0, 0.1) is 11.7 Å². The molecule has 2 nitrogen and oxygen atoms in total. The molecule has 0 spiro atoms. The molecule has 2 atom stereocenters. The highest BCUT2D eigenvalue weighted by Gasteiger charge is 2.31. The molecule has 1 aliphatic rings. The molecule has 2 unspecified atom stereocenters. The first kappa shape index (κ1) is 13.5. The summed E-state index contributed by atoms with van der Waals surface area (Å²) in [6, 6.07) is 7.61. The highest BCUT2D eigenvalue weighted by Crippen LogP contribution is 2.33. The van der Waals surface area contributed by atoms with Gasteiger partial charge in [-0.15, -0.1) is 0 Å². The number of halogens is 1. The van der Waals surface area contributed by atoms with Crippen LogP contribution in [0.5, 0.6) is 0 Å². The first-order valence-electron chi connectivity index (χ1n) is 6.68. The monoisotopic (exact) mass is 251 g/mol. The van der Waals surface area contributed by atoms with Crippen LogP contribution < -0.4 is 5.32 Å². The Hall–Kier alpha value is -0.930. The summed E-state index contributed by atoms with van der Waals surface area (Å²) in [7, 11) is 1.75. The fourth-order valence-corrected chi connectivity index (χ4v) is 2.40. The fourth-order valence-electron chi connectivity index (χ4n) is 2.40. The second-order valence-electron chi connectivity index (χ2n) is 5.30. The van der Waals surface area contributed by atoms with Gasteiger partial charge in [-0.05, 0) is 49.8 Å². The van der Waals surface area contributed by atoms with Crippen LogP contribution in [0.1, 0.15) is 25.3 Å². The lowest BCUT2D eigenvalue weighted by atomic mass is 10.1. The summed E-state index contributed by atoms with van der Waals surface area (Å²) < 4.78 is 18.1. The molecule has 1 aromatic carbocycles. The molecule has 0 amide bonds. The molecule has 3 heteroatoms. The highest BCUT2D eigenvalue weighted by molar-refractivity contribution is 5.17. The van der Waals surface area contributed by atoms with Gasteiger partial charge in [0.1, 0.15) is 5.82 Å². The number of ether oxygens (including phenoxy) is 1. The van der Waals surface area contributed by atoms with Crippen molar-refractivity contribution in [2.24, 2.45) is 5.92 Å². The lowest BCUT2D eigenvalue weighted by Crippen LogP contribution is -2.42. The van der Waals surface area contributed by atoms with Crippen LogP contribution in [0.25, 0.3) is 0 Å². The van der Waals surface area contributed by atoms with Gasteiger partial charge in [-0.2, -0.15) is 0 Å². The second kappa shape index (κ2) is 6.30. The fraction of sp³-hybridized carbons (Fsp3) is 0.600. The number of benzene rings is 1. The average Bonchev–Trinajstić information content (AvgIpc) is 3.16. The maximum absolute atomic E-state index is 12.8. The Kier molecular flexibility index (Phi) is 4.72. The zero-order valence-electron chi connectivity index (χ0n) is 11.2. The summed E-state index contributed by atoms with van der Waals surface area (Å²) in [6.07, 6.45) is 3.54. The summed E-state index contributed by atoms with van der Waals surface area (Å²) in [6.45, 7) is 2.95. The van der Waals surface area contributed by atoms with Crippen LogP contribution >= 0.6 is 0 Å². The van der Waals surface area contributed by atoms with Crippen molar-refractivity contribution in [2.75, 3.05) is 13.7 Å². The Morgan fingerprint density at radius 3 is 2.56 bits per heavy atom. The summed E-state index contributed by atoms with van der Waals surface area (Å²) in [5.41, 5.74) is 1.17. The van der Waals surface area contributed by atoms with E-state index in [9.17, 15) is 4.39 Å². The van der Waals surface area contributed by atoms with E-state index in [0.29, 0.717) is 12.1 Å². The van der Waals surface area contributed by atoms with Crippen molar-refractivity contribution in [1.82, 2.24) is 5.32 Å². The van der Waals surface area contributed by atoms with E-state index in [4.69, 9.17) is 4.74 Å². The van der Waals surface area contributed by atoms with E-state index in [1.54, 1.807) is 7.11 Å². The molecular formula is C15H22FNO. The van der Waals surface area contributed by atoms with E-state index < -0.39 is 0 Å². The zero-order valence-corrected chi connectivity index (χ0v) is 11.2. The molecule has 1 saturated carbocycles. The van der Waals surface area contributed by atoms with Gasteiger partial charge in [-0.25, -0.2) is 4.39 Å². The van der Waals surface area contributed by atoms with Gasteiger partial charge in [0, 0.05) is 19.2 Å². The number of rotatable bonds is 7. The predicted molar refractivity (Wildman–Crippen MR) is 71.1 cm³/mol. The number of methoxy groups -OCH3 is 1. The summed E-state index contributed by atoms with van der Waals surface area (Å²) >= 11 is 0. The maximum Gasteiger partial charge on any atom is 0.123 e. The molecule has 1 N–H and O–H groups in total. The lowest BCUT2D eigenvalue weighted by Gasteiger charge is -2.22. The molecule has 1 aromatic rings. The van der Waals surface area contributed by atoms with Gasteiger partial charge in [-0.3, -0.25) is 0 Å². The predicted octanol–water partition coefficient (Wildman–Crippen LogP) is 2.77. The highest BCUT2D eigenvalue weighted by atomic mass is 19.1. The van der Waals surface area contributed by atoms with Crippen molar-refractivity contribution in [3.8, 4) is 0 Å². The maximum atomic E-state index is 12.8. The van der Waals surface area contributed by atoms with E-state index in [1.165, 1.54) is 30.5 Å². The molecule has 1 fully saturated rings. The van der Waals surface area contributed by atoms with Crippen molar-refractivity contribution in [3.05, 3.63) is 35.6 Å². The Labute approximate surface area is 109 Å². The third kappa shape index (κ3) is 4.07. The molecule has 100 valence electrons. The normalized spacial score (nSPS) is 18.6. The third-order valence-electron chi connectivity index (χ3n) is 3.49. The molecule has 1 aliphatic carbocycles. The van der Waals surface area contributed by atoms with Crippen LogP contribution in [0.4, 0.5) is 4.39 Å². The first-order chi connectivity index (χ1) is 8.69. The standard InChI is InChI=1S/C15H22FNO/c1-11(9-12-3-7-14(16)8-4-12)17-15(10-18-2)13-5-6-13/h3-4,7-8,11,13,15,17H,5-6,9-10H2,1-2H3. The van der Waals surface area contributed by atoms with Crippen molar-refractivity contribution in [2.45, 2.75) is 38.3 Å². The molecule has 0 saturated heterocycles. The van der Waals surface area contributed by atoms with E-state index in [0.717, 1.165) is 18.9 Å². The minimum atomic E-state index is -0.172. The van der Waals surface area contributed by atoms with Crippen LogP contribution in [-0.2, 0) is 11.2 Å². The number of nitrogens with one attached hydrogen (secondary N) is 1. The minimum absolute atomic E-state index is 0.172. The molecule has 2 rings (SSSR count). The van der Waals surface area contributed by atoms with Gasteiger partial charge in [0.15, 0.2) is 0 Å². The van der Waals surface area contributed by atoms with E-state index in [-0.39, 0.29) is 5.82 Å². The Bertz CT molecular complexity index is 361. The zero-order chi connectivity index (χ0) is 13.0. The van der Waals surface area contributed by atoms with Gasteiger partial charge in [0.25, 0.3) is 0 Å². The van der Waals surface area contributed by atoms with E-state index in [1.807, 2.05) is 12.1 Å². The van der Waals surface area contributed by atoms with Gasteiger partial charge in [-0.1, -0.05) is 12.1 Å². The minimum Gasteiger partial charge on any atom is -0.383 e. The number of hydrogen-bond acceptors (Lipinski definition) is 2. The SMILES string of the molecule is COCC(NC(C)Cc1ccc(F)cc1)C1CC1. The smallest absolute Gasteiger partial charge is 0.123 e. The topological polar surface area (TPSA) is 21.3 Å². The number of hydrogen-bond donors (Lipinski definition) is 1. The Morgan fingerprint density at radius 1 is 1.33 bits per heavy atom. The molecule has 0 aliphatic heterocycles. The first-order valence-corrected chi connectivity index (χ1v) is 6.68. The third-order valence-corrected chi connectivity index (χ3v) is 3.49. The average molecular weight is 251 g/mol. The molecule has 0 heterocycles. The van der Waals surface area contributed by atoms with Crippen LogP contribution in [0.2, 0.25) is 0 Å². The van der Waals surface area contributed by atoms with Crippen molar-refractivity contribution in [1.29, 1.82) is 0 Å². The van der Waals surface area contributed by atoms with Crippen molar-refractivity contribution < 1.29 is 9.13 Å². The van der Waals surface area contributed by atoms with E-state index in [2.05, 4.69) is 12.2 Å². The molecular weight excluding hydrogens is 229 g/mol. The molecule has 0 bridgehead atoms. The van der Waals surface area contributed by atoms with Crippen molar-refractivity contribution >= 4 is 0 Å². The quantitative estimate of drug-likeness (QED) is 0.804. The van der Waals surface area contributed by atoms with E-state index >= 15 is 0 Å². The molecule has 0 radical (unpaired) electrons. The second-order valence-corrected chi connectivity index (χ2v) is 5.30. The Balaban J connectivity index is 1.83. The van der Waals surface area contributed by atoms with Crippen molar-refractivity contribution in [3.63, 3.8) is 0 Å². The molecule has 18 heavy (non-hydrogen) atoms. The lowest BCUT2D eigenvalue weighted by molar-refractivity contribution is 0.152. The van der Waals surface area contributed by atoms with Crippen LogP contribution in [-0.4, -0.2) is 25.8 Å². The van der Waals surface area contributed by atoms with Gasteiger partial charge >= 0.3 is 0 Å². The van der Waals surface area contributed by atoms with Gasteiger partial charge < -0.3 is 10.1 Å². The largest absolute Gasteiger partial charge is 0.383 e. The summed E-state index contributed by atoms with van der Waals surface area (Å²) in [4.78, 5) is 0. The van der Waals surface area contributed by atoms with Gasteiger partial charge in [0.05, 0.1) is 6.61 Å². The Morgan fingerprint density at radius 2 is 2.00 bits per heavy atom.